The number of carbonyl (C=O) groups is 2. The van der Waals surface area contributed by atoms with E-state index in [1.807, 2.05) is 28.0 Å². The summed E-state index contributed by atoms with van der Waals surface area (Å²) in [6.45, 7) is 3.12. The van der Waals surface area contributed by atoms with Crippen LogP contribution in [0.25, 0.3) is 0 Å². The SMILES string of the molecule is O=C(C1CC1)N1CCC(C(=O)N2CC[C@H](c3cccc(Cl)c3)C2)CC1. The van der Waals surface area contributed by atoms with Crippen LogP contribution >= 0.6 is 11.6 Å². The van der Waals surface area contributed by atoms with E-state index in [-0.39, 0.29) is 17.7 Å². The van der Waals surface area contributed by atoms with Crippen molar-refractivity contribution in [3.8, 4) is 0 Å². The highest BCUT2D eigenvalue weighted by Crippen LogP contribution is 2.34. The third-order valence-corrected chi connectivity index (χ3v) is 6.14. The average molecular weight is 361 g/mol. The van der Waals surface area contributed by atoms with Gasteiger partial charge in [-0.3, -0.25) is 9.59 Å². The van der Waals surface area contributed by atoms with Gasteiger partial charge in [-0.05, 0) is 49.8 Å². The highest BCUT2D eigenvalue weighted by Gasteiger charge is 2.37. The number of rotatable bonds is 3. The minimum atomic E-state index is 0.0846. The number of hydrogen-bond acceptors (Lipinski definition) is 2. The number of likely N-dealkylation sites (tertiary alicyclic amines) is 2. The van der Waals surface area contributed by atoms with Crippen molar-refractivity contribution in [1.29, 1.82) is 0 Å². The van der Waals surface area contributed by atoms with Crippen LogP contribution in [-0.4, -0.2) is 47.8 Å². The summed E-state index contributed by atoms with van der Waals surface area (Å²) in [4.78, 5) is 29.0. The van der Waals surface area contributed by atoms with Crippen LogP contribution in [0.5, 0.6) is 0 Å². The number of nitrogens with zero attached hydrogens (tertiary/aromatic N) is 2. The summed E-state index contributed by atoms with van der Waals surface area (Å²) in [7, 11) is 0. The van der Waals surface area contributed by atoms with Crippen molar-refractivity contribution in [2.24, 2.45) is 11.8 Å². The third kappa shape index (κ3) is 3.69. The van der Waals surface area contributed by atoms with Crippen LogP contribution in [0.2, 0.25) is 5.02 Å². The van der Waals surface area contributed by atoms with E-state index in [4.69, 9.17) is 11.6 Å². The molecular weight excluding hydrogens is 336 g/mol. The molecule has 2 amide bonds. The molecule has 134 valence electrons. The summed E-state index contributed by atoms with van der Waals surface area (Å²) >= 11 is 6.10. The van der Waals surface area contributed by atoms with E-state index in [9.17, 15) is 9.59 Å². The van der Waals surface area contributed by atoms with Gasteiger partial charge in [0.2, 0.25) is 11.8 Å². The molecule has 3 fully saturated rings. The first kappa shape index (κ1) is 16.9. The van der Waals surface area contributed by atoms with E-state index >= 15 is 0 Å². The van der Waals surface area contributed by atoms with Gasteiger partial charge in [0, 0.05) is 49.0 Å². The molecule has 4 nitrogen and oxygen atoms in total. The number of piperidine rings is 1. The molecule has 0 aromatic heterocycles. The number of halogens is 1. The van der Waals surface area contributed by atoms with Crippen LogP contribution in [0.15, 0.2) is 24.3 Å². The zero-order valence-electron chi connectivity index (χ0n) is 14.5. The first-order valence-electron chi connectivity index (χ1n) is 9.45. The Morgan fingerprint density at radius 2 is 1.52 bits per heavy atom. The Hall–Kier alpha value is -1.55. The second kappa shape index (κ2) is 6.99. The predicted molar refractivity (Wildman–Crippen MR) is 97.4 cm³/mol. The Morgan fingerprint density at radius 3 is 2.20 bits per heavy atom. The van der Waals surface area contributed by atoms with Crippen LogP contribution < -0.4 is 0 Å². The molecule has 1 atom stereocenters. The molecule has 4 rings (SSSR count). The molecule has 0 radical (unpaired) electrons. The molecule has 0 bridgehead atoms. The lowest BCUT2D eigenvalue weighted by Gasteiger charge is -2.33. The topological polar surface area (TPSA) is 40.6 Å². The fraction of sp³-hybridized carbons (Fsp3) is 0.600. The molecule has 0 spiro atoms. The number of benzene rings is 1. The van der Waals surface area contributed by atoms with Gasteiger partial charge in [0.25, 0.3) is 0 Å². The van der Waals surface area contributed by atoms with E-state index in [1.165, 1.54) is 5.56 Å². The van der Waals surface area contributed by atoms with Gasteiger partial charge in [0.15, 0.2) is 0 Å². The summed E-state index contributed by atoms with van der Waals surface area (Å²) in [5, 5.41) is 0.759. The first-order chi connectivity index (χ1) is 12.1. The van der Waals surface area contributed by atoms with Gasteiger partial charge in [0.1, 0.15) is 0 Å². The highest BCUT2D eigenvalue weighted by atomic mass is 35.5. The van der Waals surface area contributed by atoms with Gasteiger partial charge in [-0.15, -0.1) is 0 Å². The van der Waals surface area contributed by atoms with E-state index in [2.05, 4.69) is 6.07 Å². The van der Waals surface area contributed by atoms with Crippen molar-refractivity contribution in [3.05, 3.63) is 34.9 Å². The largest absolute Gasteiger partial charge is 0.342 e. The molecule has 2 saturated heterocycles. The Morgan fingerprint density at radius 1 is 0.880 bits per heavy atom. The van der Waals surface area contributed by atoms with Crippen molar-refractivity contribution < 1.29 is 9.59 Å². The number of hydrogen-bond donors (Lipinski definition) is 0. The molecule has 0 N–H and O–H groups in total. The Balaban J connectivity index is 1.31. The lowest BCUT2D eigenvalue weighted by Crippen LogP contribution is -2.44. The van der Waals surface area contributed by atoms with Crippen LogP contribution in [0.3, 0.4) is 0 Å². The van der Waals surface area contributed by atoms with E-state index in [0.717, 1.165) is 63.3 Å². The van der Waals surface area contributed by atoms with Crippen LogP contribution in [0.1, 0.15) is 43.6 Å². The minimum absolute atomic E-state index is 0.0846. The van der Waals surface area contributed by atoms with Gasteiger partial charge >= 0.3 is 0 Å². The molecular formula is C20H25ClN2O2. The Bertz CT molecular complexity index is 665. The van der Waals surface area contributed by atoms with Gasteiger partial charge < -0.3 is 9.80 Å². The van der Waals surface area contributed by atoms with Crippen molar-refractivity contribution in [2.75, 3.05) is 26.2 Å². The smallest absolute Gasteiger partial charge is 0.225 e. The second-order valence-corrected chi connectivity index (χ2v) is 8.14. The summed E-state index contributed by atoms with van der Waals surface area (Å²) in [5.41, 5.74) is 1.23. The van der Waals surface area contributed by atoms with Crippen LogP contribution in [0.4, 0.5) is 0 Å². The summed E-state index contributed by atoms with van der Waals surface area (Å²) in [5.74, 6) is 1.35. The predicted octanol–water partition coefficient (Wildman–Crippen LogP) is 3.30. The standard InChI is InChI=1S/C20H25ClN2O2/c21-18-3-1-2-16(12-18)17-8-11-23(13-17)20(25)15-6-9-22(10-7-15)19(24)14-4-5-14/h1-3,12,14-15,17H,4-11,13H2/t17-/m0/s1. The van der Waals surface area contributed by atoms with Gasteiger partial charge in [-0.1, -0.05) is 23.7 Å². The maximum absolute atomic E-state index is 12.9. The van der Waals surface area contributed by atoms with Crippen LogP contribution in [-0.2, 0) is 9.59 Å². The highest BCUT2D eigenvalue weighted by molar-refractivity contribution is 6.30. The molecule has 2 aliphatic heterocycles. The van der Waals surface area contributed by atoms with E-state index in [1.54, 1.807) is 0 Å². The quantitative estimate of drug-likeness (QED) is 0.829. The normalized spacial score (nSPS) is 24.6. The number of amides is 2. The van der Waals surface area contributed by atoms with Gasteiger partial charge in [-0.25, -0.2) is 0 Å². The molecule has 5 heteroatoms. The van der Waals surface area contributed by atoms with Crippen molar-refractivity contribution in [2.45, 2.75) is 38.0 Å². The molecule has 2 heterocycles. The fourth-order valence-corrected chi connectivity index (χ4v) is 4.39. The summed E-state index contributed by atoms with van der Waals surface area (Å²) in [6.07, 6.45) is 4.74. The minimum Gasteiger partial charge on any atom is -0.342 e. The number of carbonyl (C=O) groups excluding carboxylic acids is 2. The molecule has 1 aromatic rings. The van der Waals surface area contributed by atoms with Crippen molar-refractivity contribution in [1.82, 2.24) is 9.80 Å². The molecule has 1 aliphatic carbocycles. The monoisotopic (exact) mass is 360 g/mol. The summed E-state index contributed by atoms with van der Waals surface area (Å²) < 4.78 is 0. The maximum Gasteiger partial charge on any atom is 0.225 e. The molecule has 3 aliphatic rings. The molecule has 0 unspecified atom stereocenters. The second-order valence-electron chi connectivity index (χ2n) is 7.70. The van der Waals surface area contributed by atoms with E-state index < -0.39 is 0 Å². The van der Waals surface area contributed by atoms with E-state index in [0.29, 0.717) is 11.8 Å². The Kier molecular flexibility index (Phi) is 4.72. The summed E-state index contributed by atoms with van der Waals surface area (Å²) in [6, 6.07) is 7.99. The average Bonchev–Trinajstić information content (AvgIpc) is 3.37. The lowest BCUT2D eigenvalue weighted by molar-refractivity contribution is -0.140. The third-order valence-electron chi connectivity index (χ3n) is 5.90. The Labute approximate surface area is 154 Å². The van der Waals surface area contributed by atoms with Crippen LogP contribution in [0, 0.1) is 11.8 Å². The lowest BCUT2D eigenvalue weighted by atomic mass is 9.95. The first-order valence-corrected chi connectivity index (χ1v) is 9.82. The molecule has 1 aromatic carbocycles. The fourth-order valence-electron chi connectivity index (χ4n) is 4.19. The zero-order chi connectivity index (χ0) is 17.4. The van der Waals surface area contributed by atoms with Gasteiger partial charge in [-0.2, -0.15) is 0 Å². The van der Waals surface area contributed by atoms with Crippen molar-refractivity contribution >= 4 is 23.4 Å². The molecule has 1 saturated carbocycles. The zero-order valence-corrected chi connectivity index (χ0v) is 15.3. The van der Waals surface area contributed by atoms with Gasteiger partial charge in [0.05, 0.1) is 0 Å². The maximum atomic E-state index is 12.9. The van der Waals surface area contributed by atoms with Crippen molar-refractivity contribution in [3.63, 3.8) is 0 Å². The molecule has 25 heavy (non-hydrogen) atoms.